The van der Waals surface area contributed by atoms with Crippen molar-refractivity contribution in [3.05, 3.63) is 59.4 Å². The fourth-order valence-corrected chi connectivity index (χ4v) is 2.92. The van der Waals surface area contributed by atoms with Crippen molar-refractivity contribution in [2.45, 2.75) is 25.7 Å². The maximum atomic E-state index is 12.3. The van der Waals surface area contributed by atoms with Gasteiger partial charge in [0.05, 0.1) is 4.90 Å². The van der Waals surface area contributed by atoms with Crippen LogP contribution in [0.25, 0.3) is 0 Å². The molecular weight excluding hydrogens is 260 g/mol. The van der Waals surface area contributed by atoms with Gasteiger partial charge < -0.3 is 0 Å². The second kappa shape index (κ2) is 5.01. The fraction of sp³-hybridized carbons (Fsp3) is 0.214. The highest BCUT2D eigenvalue weighted by molar-refractivity contribution is 7.92. The Labute approximate surface area is 113 Å². The van der Waals surface area contributed by atoms with E-state index in [1.807, 2.05) is 39.0 Å². The van der Waals surface area contributed by atoms with Gasteiger partial charge in [0.2, 0.25) is 11.4 Å². The summed E-state index contributed by atoms with van der Waals surface area (Å²) in [5.41, 5.74) is 2.69. The predicted molar refractivity (Wildman–Crippen MR) is 73.8 cm³/mol. The minimum atomic E-state index is -3.56. The lowest BCUT2D eigenvalue weighted by atomic mass is 10.2. The van der Waals surface area contributed by atoms with Crippen molar-refractivity contribution in [3.63, 3.8) is 0 Å². The summed E-state index contributed by atoms with van der Waals surface area (Å²) in [6, 6.07) is 12.4. The summed E-state index contributed by atoms with van der Waals surface area (Å²) in [5, 5.41) is 0. The maximum absolute atomic E-state index is 12.3. The molecule has 19 heavy (non-hydrogen) atoms. The van der Waals surface area contributed by atoms with Crippen molar-refractivity contribution < 1.29 is 13.1 Å². The molecule has 0 unspecified atom stereocenters. The molecule has 0 aliphatic carbocycles. The van der Waals surface area contributed by atoms with Crippen molar-refractivity contribution in [2.75, 3.05) is 4.83 Å². The highest BCUT2D eigenvalue weighted by atomic mass is 32.2. The molecule has 5 heteroatoms. The lowest BCUT2D eigenvalue weighted by Crippen LogP contribution is -2.52. The summed E-state index contributed by atoms with van der Waals surface area (Å²) in [4.78, 5) is 2.84. The number of rotatable bonds is 3. The van der Waals surface area contributed by atoms with Crippen LogP contribution >= 0.6 is 0 Å². The molecule has 0 saturated heterocycles. The van der Waals surface area contributed by atoms with Crippen LogP contribution in [0.3, 0.4) is 0 Å². The highest BCUT2D eigenvalue weighted by Gasteiger charge is 2.21. The first-order valence-corrected chi connectivity index (χ1v) is 7.46. The molecule has 1 aromatic carbocycles. The second-order valence-electron chi connectivity index (χ2n) is 4.55. The van der Waals surface area contributed by atoms with E-state index in [0.717, 1.165) is 17.0 Å². The average molecular weight is 277 g/mol. The number of sulfonamides is 1. The van der Waals surface area contributed by atoms with E-state index in [4.69, 9.17) is 0 Å². The van der Waals surface area contributed by atoms with Gasteiger partial charge in [-0.25, -0.2) is 0 Å². The normalized spacial score (nSPS) is 11.3. The highest BCUT2D eigenvalue weighted by Crippen LogP contribution is 2.10. The summed E-state index contributed by atoms with van der Waals surface area (Å²) >= 11 is 0. The third kappa shape index (κ3) is 2.93. The molecule has 0 saturated carbocycles. The molecule has 0 spiro atoms. The fourth-order valence-electron chi connectivity index (χ4n) is 1.79. The van der Waals surface area contributed by atoms with E-state index in [1.54, 1.807) is 28.9 Å². The molecule has 0 fully saturated rings. The zero-order valence-corrected chi connectivity index (χ0v) is 12.0. The molecule has 1 N–H and O–H groups in total. The molecule has 0 radical (unpaired) electrons. The Hall–Kier alpha value is -1.88. The zero-order valence-electron chi connectivity index (χ0n) is 11.2. The van der Waals surface area contributed by atoms with Gasteiger partial charge in [-0.2, -0.15) is 8.42 Å². The summed E-state index contributed by atoms with van der Waals surface area (Å²) < 4.78 is 26.1. The van der Waals surface area contributed by atoms with Gasteiger partial charge in [-0.3, -0.25) is 0 Å². The van der Waals surface area contributed by atoms with Gasteiger partial charge >= 0.3 is 10.0 Å². The van der Waals surface area contributed by atoms with Crippen LogP contribution in [-0.4, -0.2) is 8.42 Å². The van der Waals surface area contributed by atoms with E-state index < -0.39 is 10.0 Å². The van der Waals surface area contributed by atoms with Crippen LogP contribution in [0.1, 0.15) is 17.0 Å². The number of hydrogen-bond acceptors (Lipinski definition) is 2. The molecule has 0 aliphatic heterocycles. The zero-order chi connectivity index (χ0) is 14.0. The van der Waals surface area contributed by atoms with Crippen LogP contribution in [0, 0.1) is 20.8 Å². The predicted octanol–water partition coefficient (Wildman–Crippen LogP) is 1.83. The van der Waals surface area contributed by atoms with Gasteiger partial charge in [0.25, 0.3) is 0 Å². The summed E-state index contributed by atoms with van der Waals surface area (Å²) in [6.45, 7) is 5.62. The Morgan fingerprint density at radius 2 is 1.42 bits per heavy atom. The van der Waals surface area contributed by atoms with E-state index in [1.165, 1.54) is 0 Å². The quantitative estimate of drug-likeness (QED) is 0.870. The smallest absolute Gasteiger partial charge is 0.197 e. The summed E-state index contributed by atoms with van der Waals surface area (Å²) in [5.74, 6) is 0. The van der Waals surface area contributed by atoms with Crippen LogP contribution < -0.4 is 9.51 Å². The van der Waals surface area contributed by atoms with Gasteiger partial charge in [0.15, 0.2) is 0 Å². The SMILES string of the molecule is Cc1ccc(S(=O)(=O)N[n+]2c(C)cccc2C)cc1. The van der Waals surface area contributed by atoms with Gasteiger partial charge in [0.1, 0.15) is 0 Å². The number of pyridine rings is 1. The minimum Gasteiger partial charge on any atom is -0.197 e. The monoisotopic (exact) mass is 277 g/mol. The summed E-state index contributed by atoms with van der Waals surface area (Å²) in [6.07, 6.45) is 0. The molecule has 4 nitrogen and oxygen atoms in total. The number of nitrogens with one attached hydrogen (secondary N) is 1. The van der Waals surface area contributed by atoms with Crippen molar-refractivity contribution in [1.29, 1.82) is 0 Å². The number of benzene rings is 1. The maximum Gasteiger partial charge on any atom is 0.306 e. The van der Waals surface area contributed by atoms with Gasteiger partial charge in [-0.05, 0) is 25.1 Å². The number of hydrogen-bond donors (Lipinski definition) is 1. The lowest BCUT2D eigenvalue weighted by Gasteiger charge is -2.06. The third-order valence-corrected chi connectivity index (χ3v) is 4.24. The van der Waals surface area contributed by atoms with E-state index in [-0.39, 0.29) is 4.90 Å². The summed E-state index contributed by atoms with van der Waals surface area (Å²) in [7, 11) is -3.56. The van der Waals surface area contributed by atoms with E-state index >= 15 is 0 Å². The van der Waals surface area contributed by atoms with Crippen molar-refractivity contribution in [1.82, 2.24) is 0 Å². The molecule has 1 aromatic heterocycles. The standard InChI is InChI=1S/C14H17N2O2S/c1-11-7-9-14(10-8-11)19(17,18)15-16-12(2)5-4-6-13(16)3/h4-10,15H,1-3H3/q+1. The van der Waals surface area contributed by atoms with Gasteiger partial charge in [-0.1, -0.05) is 27.2 Å². The van der Waals surface area contributed by atoms with Crippen molar-refractivity contribution >= 4 is 10.0 Å². The number of aromatic nitrogens is 1. The first kappa shape index (κ1) is 13.5. The Balaban J connectivity index is 2.39. The van der Waals surface area contributed by atoms with E-state index in [2.05, 4.69) is 4.83 Å². The van der Waals surface area contributed by atoms with Gasteiger partial charge in [-0.15, -0.1) is 0 Å². The third-order valence-electron chi connectivity index (χ3n) is 2.92. The molecule has 2 rings (SSSR count). The van der Waals surface area contributed by atoms with Gasteiger partial charge in [0, 0.05) is 26.0 Å². The van der Waals surface area contributed by atoms with Crippen LogP contribution in [0.15, 0.2) is 47.4 Å². The largest absolute Gasteiger partial charge is 0.306 e. The van der Waals surface area contributed by atoms with Crippen LogP contribution in [0.2, 0.25) is 0 Å². The lowest BCUT2D eigenvalue weighted by molar-refractivity contribution is -0.649. The molecule has 0 bridgehead atoms. The van der Waals surface area contributed by atoms with Crippen molar-refractivity contribution in [3.8, 4) is 0 Å². The Morgan fingerprint density at radius 3 is 1.95 bits per heavy atom. The van der Waals surface area contributed by atoms with Crippen molar-refractivity contribution in [2.24, 2.45) is 0 Å². The average Bonchev–Trinajstić information content (AvgIpc) is 2.35. The molecule has 0 aliphatic rings. The van der Waals surface area contributed by atoms with Crippen LogP contribution in [0.5, 0.6) is 0 Å². The Bertz CT molecular complexity index is 672. The van der Waals surface area contributed by atoms with E-state index in [0.29, 0.717) is 0 Å². The molecule has 1 heterocycles. The Kier molecular flexibility index (Phi) is 3.57. The first-order valence-electron chi connectivity index (χ1n) is 5.98. The Morgan fingerprint density at radius 1 is 0.895 bits per heavy atom. The topological polar surface area (TPSA) is 50.1 Å². The first-order chi connectivity index (χ1) is 8.90. The number of nitrogens with zero attached hydrogens (tertiary/aromatic N) is 1. The van der Waals surface area contributed by atoms with Crippen LogP contribution in [0.4, 0.5) is 0 Å². The molecule has 100 valence electrons. The minimum absolute atomic E-state index is 0.258. The van der Waals surface area contributed by atoms with Crippen LogP contribution in [-0.2, 0) is 10.0 Å². The number of aryl methyl sites for hydroxylation is 3. The molecular formula is C14H17N2O2S+. The molecule has 0 atom stereocenters. The van der Waals surface area contributed by atoms with E-state index in [9.17, 15) is 8.42 Å². The second-order valence-corrected chi connectivity index (χ2v) is 6.21. The molecule has 2 aromatic rings. The molecule has 0 amide bonds.